The minimum atomic E-state index is -0.316. The van der Waals surface area contributed by atoms with Crippen LogP contribution in [0.15, 0.2) is 77.9 Å². The summed E-state index contributed by atoms with van der Waals surface area (Å²) in [5, 5.41) is 9.11. The van der Waals surface area contributed by atoms with Gasteiger partial charge in [-0.2, -0.15) is 5.10 Å². The number of benzene rings is 3. The van der Waals surface area contributed by atoms with Gasteiger partial charge in [0, 0.05) is 11.1 Å². The number of amides is 2. The van der Waals surface area contributed by atoms with E-state index in [1.807, 2.05) is 0 Å². The standard InChI is InChI=1S/C22H20N4O3/c1-29-18-11-9-16(10-12-18)21(27)25-19-7-2-3-8-20(19)26-22(28)17-6-4-5-15(13-17)14-24-23/h2-14H,23H2,1H3,(H,25,27)(H,26,28). The lowest BCUT2D eigenvalue weighted by Crippen LogP contribution is -2.17. The normalized spacial score (nSPS) is 10.5. The van der Waals surface area contributed by atoms with Crippen molar-refractivity contribution in [3.63, 3.8) is 0 Å². The molecule has 0 aliphatic carbocycles. The summed E-state index contributed by atoms with van der Waals surface area (Å²) in [6, 6.07) is 20.6. The van der Waals surface area contributed by atoms with Crippen molar-refractivity contribution in [2.24, 2.45) is 10.9 Å². The SMILES string of the molecule is COc1ccc(C(=O)Nc2ccccc2NC(=O)c2cccc(C=NN)c2)cc1. The van der Waals surface area contributed by atoms with Crippen molar-refractivity contribution in [2.45, 2.75) is 0 Å². The molecule has 0 bridgehead atoms. The molecule has 3 aromatic carbocycles. The second-order valence-corrected chi connectivity index (χ2v) is 6.09. The van der Waals surface area contributed by atoms with E-state index in [9.17, 15) is 9.59 Å². The summed E-state index contributed by atoms with van der Waals surface area (Å²) in [4.78, 5) is 25.2. The minimum Gasteiger partial charge on any atom is -0.497 e. The van der Waals surface area contributed by atoms with Crippen LogP contribution in [-0.4, -0.2) is 25.1 Å². The second-order valence-electron chi connectivity index (χ2n) is 6.09. The Morgan fingerprint density at radius 2 is 1.48 bits per heavy atom. The molecular weight excluding hydrogens is 368 g/mol. The van der Waals surface area contributed by atoms with Gasteiger partial charge in [-0.25, -0.2) is 0 Å². The van der Waals surface area contributed by atoms with Gasteiger partial charge in [-0.15, -0.1) is 0 Å². The molecule has 2 amide bonds. The fourth-order valence-corrected chi connectivity index (χ4v) is 2.68. The van der Waals surface area contributed by atoms with Crippen molar-refractivity contribution >= 4 is 29.4 Å². The zero-order chi connectivity index (χ0) is 20.6. The smallest absolute Gasteiger partial charge is 0.255 e. The molecule has 3 aromatic rings. The predicted molar refractivity (Wildman–Crippen MR) is 114 cm³/mol. The number of anilines is 2. The van der Waals surface area contributed by atoms with Crippen LogP contribution >= 0.6 is 0 Å². The molecular formula is C22H20N4O3. The van der Waals surface area contributed by atoms with Gasteiger partial charge in [-0.3, -0.25) is 9.59 Å². The van der Waals surface area contributed by atoms with Gasteiger partial charge in [0.25, 0.3) is 11.8 Å². The van der Waals surface area contributed by atoms with Crippen LogP contribution in [0.25, 0.3) is 0 Å². The Morgan fingerprint density at radius 1 is 0.862 bits per heavy atom. The number of rotatable bonds is 6. The number of nitrogens with two attached hydrogens (primary N) is 1. The van der Waals surface area contributed by atoms with Crippen LogP contribution in [0.4, 0.5) is 11.4 Å². The second kappa shape index (κ2) is 9.18. The first-order valence-electron chi connectivity index (χ1n) is 8.80. The molecule has 0 fully saturated rings. The molecule has 0 atom stereocenters. The zero-order valence-electron chi connectivity index (χ0n) is 15.8. The summed E-state index contributed by atoms with van der Waals surface area (Å²) in [5.41, 5.74) is 2.60. The highest BCUT2D eigenvalue weighted by atomic mass is 16.5. The number of nitrogens with one attached hydrogen (secondary N) is 2. The lowest BCUT2D eigenvalue weighted by Gasteiger charge is -2.13. The van der Waals surface area contributed by atoms with Gasteiger partial charge in [0.1, 0.15) is 5.75 Å². The summed E-state index contributed by atoms with van der Waals surface area (Å²) >= 11 is 0. The average molecular weight is 388 g/mol. The third-order valence-corrected chi connectivity index (χ3v) is 4.15. The van der Waals surface area contributed by atoms with Gasteiger partial charge in [0.15, 0.2) is 0 Å². The number of methoxy groups -OCH3 is 1. The van der Waals surface area contributed by atoms with Crippen LogP contribution in [0.3, 0.4) is 0 Å². The van der Waals surface area contributed by atoms with Crippen LogP contribution in [0, 0.1) is 0 Å². The first kappa shape index (κ1) is 19.6. The Labute approximate surface area is 168 Å². The number of hydrogen-bond acceptors (Lipinski definition) is 5. The Bertz CT molecular complexity index is 1050. The quantitative estimate of drug-likeness (QED) is 0.341. The van der Waals surface area contributed by atoms with E-state index < -0.39 is 0 Å². The van der Waals surface area contributed by atoms with Crippen molar-refractivity contribution in [2.75, 3.05) is 17.7 Å². The van der Waals surface area contributed by atoms with E-state index in [4.69, 9.17) is 10.6 Å². The van der Waals surface area contributed by atoms with Crippen LogP contribution in [0.1, 0.15) is 26.3 Å². The molecule has 29 heavy (non-hydrogen) atoms. The molecule has 0 spiro atoms. The molecule has 146 valence electrons. The van der Waals surface area contributed by atoms with E-state index in [0.29, 0.717) is 33.8 Å². The summed E-state index contributed by atoms with van der Waals surface area (Å²) in [7, 11) is 1.56. The van der Waals surface area contributed by atoms with E-state index >= 15 is 0 Å². The first-order valence-corrected chi connectivity index (χ1v) is 8.80. The molecule has 0 radical (unpaired) electrons. The molecule has 0 saturated carbocycles. The maximum absolute atomic E-state index is 12.6. The molecule has 0 aromatic heterocycles. The molecule has 0 saturated heterocycles. The summed E-state index contributed by atoms with van der Waals surface area (Å²) < 4.78 is 5.10. The van der Waals surface area contributed by atoms with Gasteiger partial charge in [-0.05, 0) is 54.1 Å². The van der Waals surface area contributed by atoms with E-state index in [-0.39, 0.29) is 11.8 Å². The average Bonchev–Trinajstić information content (AvgIpc) is 2.75. The van der Waals surface area contributed by atoms with Gasteiger partial charge in [0.2, 0.25) is 0 Å². The van der Waals surface area contributed by atoms with Crippen molar-refractivity contribution in [3.05, 3.63) is 89.5 Å². The van der Waals surface area contributed by atoms with Gasteiger partial charge in [0.05, 0.1) is 24.7 Å². The predicted octanol–water partition coefficient (Wildman–Crippen LogP) is 3.49. The molecule has 7 nitrogen and oxygen atoms in total. The van der Waals surface area contributed by atoms with Crippen molar-refractivity contribution in [1.82, 2.24) is 0 Å². The maximum atomic E-state index is 12.6. The van der Waals surface area contributed by atoms with Crippen LogP contribution in [0.2, 0.25) is 0 Å². The van der Waals surface area contributed by atoms with E-state index in [1.54, 1.807) is 79.9 Å². The minimum absolute atomic E-state index is 0.296. The molecule has 0 aliphatic rings. The van der Waals surface area contributed by atoms with Gasteiger partial charge in [-0.1, -0.05) is 24.3 Å². The Balaban J connectivity index is 1.77. The highest BCUT2D eigenvalue weighted by molar-refractivity contribution is 6.10. The van der Waals surface area contributed by atoms with E-state index in [0.717, 1.165) is 0 Å². The Kier molecular flexibility index (Phi) is 6.22. The van der Waals surface area contributed by atoms with Crippen molar-refractivity contribution in [3.8, 4) is 5.75 Å². The largest absolute Gasteiger partial charge is 0.497 e. The van der Waals surface area contributed by atoms with Crippen LogP contribution in [-0.2, 0) is 0 Å². The number of nitrogens with zero attached hydrogens (tertiary/aromatic N) is 1. The van der Waals surface area contributed by atoms with Crippen molar-refractivity contribution in [1.29, 1.82) is 0 Å². The fraction of sp³-hybridized carbons (Fsp3) is 0.0455. The van der Waals surface area contributed by atoms with Crippen molar-refractivity contribution < 1.29 is 14.3 Å². The monoisotopic (exact) mass is 388 g/mol. The number of carbonyl (C=O) groups excluding carboxylic acids is 2. The Morgan fingerprint density at radius 3 is 2.07 bits per heavy atom. The maximum Gasteiger partial charge on any atom is 0.255 e. The number of para-hydroxylation sites is 2. The van der Waals surface area contributed by atoms with E-state index in [2.05, 4.69) is 15.7 Å². The number of hydrazone groups is 1. The summed E-state index contributed by atoms with van der Waals surface area (Å²) in [6.07, 6.45) is 1.46. The van der Waals surface area contributed by atoms with E-state index in [1.165, 1.54) is 6.21 Å². The molecule has 0 unspecified atom stereocenters. The summed E-state index contributed by atoms with van der Waals surface area (Å²) in [6.45, 7) is 0. The van der Waals surface area contributed by atoms with Gasteiger partial charge >= 0.3 is 0 Å². The zero-order valence-corrected chi connectivity index (χ0v) is 15.8. The fourth-order valence-electron chi connectivity index (χ4n) is 2.68. The topological polar surface area (TPSA) is 106 Å². The number of carbonyl (C=O) groups is 2. The lowest BCUT2D eigenvalue weighted by molar-refractivity contribution is 0.101. The highest BCUT2D eigenvalue weighted by Crippen LogP contribution is 2.23. The molecule has 0 aliphatic heterocycles. The third kappa shape index (κ3) is 4.98. The first-order chi connectivity index (χ1) is 14.1. The molecule has 3 rings (SSSR count). The third-order valence-electron chi connectivity index (χ3n) is 4.15. The summed E-state index contributed by atoms with van der Waals surface area (Å²) in [5.74, 6) is 5.21. The molecule has 4 N–H and O–H groups in total. The van der Waals surface area contributed by atoms with Crippen LogP contribution in [0.5, 0.6) is 5.75 Å². The number of hydrogen-bond donors (Lipinski definition) is 3. The van der Waals surface area contributed by atoms with Crippen LogP contribution < -0.4 is 21.2 Å². The molecule has 0 heterocycles. The van der Waals surface area contributed by atoms with Gasteiger partial charge < -0.3 is 21.2 Å². The highest BCUT2D eigenvalue weighted by Gasteiger charge is 2.12. The number of ether oxygens (including phenoxy) is 1. The lowest BCUT2D eigenvalue weighted by atomic mass is 10.1. The molecule has 7 heteroatoms. The Hall–Kier alpha value is -4.13.